The third-order valence-electron chi connectivity index (χ3n) is 4.20. The van der Waals surface area contributed by atoms with Gasteiger partial charge in [-0.15, -0.1) is 0 Å². The predicted octanol–water partition coefficient (Wildman–Crippen LogP) is 5.42. The van der Waals surface area contributed by atoms with Crippen molar-refractivity contribution in [2.24, 2.45) is 5.41 Å². The fraction of sp³-hybridized carbons (Fsp3) is 0.625. The molecule has 2 heteroatoms. The fourth-order valence-corrected chi connectivity index (χ4v) is 2.96. The van der Waals surface area contributed by atoms with Gasteiger partial charge >= 0.3 is 0 Å². The van der Waals surface area contributed by atoms with Gasteiger partial charge in [-0.25, -0.2) is 0 Å². The lowest BCUT2D eigenvalue weighted by molar-refractivity contribution is 0.313. The summed E-state index contributed by atoms with van der Waals surface area (Å²) < 4.78 is 0. The first-order valence-corrected chi connectivity index (χ1v) is 7.37. The Morgan fingerprint density at radius 2 is 2.00 bits per heavy atom. The van der Waals surface area contributed by atoms with Crippen LogP contribution in [-0.2, 0) is 0 Å². The van der Waals surface area contributed by atoms with E-state index in [1.807, 2.05) is 12.1 Å². The smallest absolute Gasteiger partial charge is 0.0455 e. The molecule has 0 heterocycles. The zero-order chi connectivity index (χ0) is 13.2. The first kappa shape index (κ1) is 13.7. The second kappa shape index (κ2) is 5.52. The fourth-order valence-electron chi connectivity index (χ4n) is 2.79. The highest BCUT2D eigenvalue weighted by molar-refractivity contribution is 6.31. The highest BCUT2D eigenvalue weighted by atomic mass is 35.5. The normalized spacial score (nSPS) is 23.4. The van der Waals surface area contributed by atoms with Crippen molar-refractivity contribution in [1.82, 2.24) is 0 Å². The van der Waals surface area contributed by atoms with Crippen LogP contribution in [0.3, 0.4) is 0 Å². The summed E-state index contributed by atoms with van der Waals surface area (Å²) in [6, 6.07) is 6.72. The van der Waals surface area contributed by atoms with Crippen molar-refractivity contribution in [3.05, 3.63) is 28.8 Å². The molecule has 1 unspecified atom stereocenters. The highest BCUT2D eigenvalue weighted by Gasteiger charge is 2.24. The standard InChI is InChI=1S/C16H24ClN/c1-12-14(17)7-4-8-15(12)18-13-6-5-10-16(2,3)11-9-13/h4,7-8,13,18H,5-6,9-11H2,1-3H3. The number of rotatable bonds is 2. The van der Waals surface area contributed by atoms with E-state index >= 15 is 0 Å². The van der Waals surface area contributed by atoms with Gasteiger partial charge in [-0.2, -0.15) is 0 Å². The van der Waals surface area contributed by atoms with Gasteiger partial charge in [0.2, 0.25) is 0 Å². The Hall–Kier alpha value is -0.690. The molecule has 0 spiro atoms. The van der Waals surface area contributed by atoms with Gasteiger partial charge in [0.05, 0.1) is 0 Å². The summed E-state index contributed by atoms with van der Waals surface area (Å²) in [6.45, 7) is 6.87. The maximum atomic E-state index is 6.17. The van der Waals surface area contributed by atoms with Crippen LogP contribution in [-0.4, -0.2) is 6.04 Å². The van der Waals surface area contributed by atoms with Crippen molar-refractivity contribution >= 4 is 17.3 Å². The summed E-state index contributed by atoms with van der Waals surface area (Å²) in [5, 5.41) is 4.54. The second-order valence-corrected chi connectivity index (χ2v) is 6.76. The Labute approximate surface area is 116 Å². The molecule has 1 N–H and O–H groups in total. The average molecular weight is 266 g/mol. The molecule has 1 nitrogen and oxygen atoms in total. The predicted molar refractivity (Wildman–Crippen MR) is 80.5 cm³/mol. The summed E-state index contributed by atoms with van der Waals surface area (Å²) in [7, 11) is 0. The molecule has 0 bridgehead atoms. The Morgan fingerprint density at radius 3 is 2.78 bits per heavy atom. The topological polar surface area (TPSA) is 12.0 Å². The van der Waals surface area contributed by atoms with Gasteiger partial charge < -0.3 is 5.32 Å². The summed E-state index contributed by atoms with van der Waals surface area (Å²) in [5.74, 6) is 0. The number of hydrogen-bond donors (Lipinski definition) is 1. The molecule has 1 aromatic rings. The van der Waals surface area contributed by atoms with Crippen molar-refractivity contribution in [2.45, 2.75) is 58.9 Å². The van der Waals surface area contributed by atoms with E-state index in [9.17, 15) is 0 Å². The Kier molecular flexibility index (Phi) is 4.21. The maximum Gasteiger partial charge on any atom is 0.0455 e. The Bertz CT molecular complexity index is 412. The molecule has 0 aliphatic heterocycles. The summed E-state index contributed by atoms with van der Waals surface area (Å²) in [5.41, 5.74) is 2.88. The van der Waals surface area contributed by atoms with Gasteiger partial charge in [0.25, 0.3) is 0 Å². The van der Waals surface area contributed by atoms with Gasteiger partial charge in [0.1, 0.15) is 0 Å². The molecule has 0 radical (unpaired) electrons. The van der Waals surface area contributed by atoms with Crippen LogP contribution < -0.4 is 5.32 Å². The molecule has 1 fully saturated rings. The van der Waals surface area contributed by atoms with E-state index in [4.69, 9.17) is 11.6 Å². The lowest BCUT2D eigenvalue weighted by atomic mass is 9.85. The molecule has 1 saturated carbocycles. The third-order valence-corrected chi connectivity index (χ3v) is 4.61. The Balaban J connectivity index is 2.03. The van der Waals surface area contributed by atoms with Crippen LogP contribution in [0.15, 0.2) is 18.2 Å². The van der Waals surface area contributed by atoms with E-state index < -0.39 is 0 Å². The van der Waals surface area contributed by atoms with Crippen LogP contribution in [0.5, 0.6) is 0 Å². The van der Waals surface area contributed by atoms with E-state index in [0.29, 0.717) is 11.5 Å². The number of hydrogen-bond acceptors (Lipinski definition) is 1. The number of halogens is 1. The minimum absolute atomic E-state index is 0.514. The summed E-state index contributed by atoms with van der Waals surface area (Å²) in [6.07, 6.45) is 6.52. The maximum absolute atomic E-state index is 6.17. The SMILES string of the molecule is Cc1c(Cl)cccc1NC1CCCC(C)(C)CC1. The van der Waals surface area contributed by atoms with Crippen molar-refractivity contribution in [3.8, 4) is 0 Å². The third kappa shape index (κ3) is 3.41. The number of nitrogens with one attached hydrogen (secondary N) is 1. The zero-order valence-electron chi connectivity index (χ0n) is 11.7. The van der Waals surface area contributed by atoms with Crippen molar-refractivity contribution < 1.29 is 0 Å². The molecule has 1 aliphatic rings. The van der Waals surface area contributed by atoms with E-state index in [2.05, 4.69) is 32.2 Å². The van der Waals surface area contributed by atoms with Gasteiger partial charge in [0, 0.05) is 16.8 Å². The summed E-state index contributed by atoms with van der Waals surface area (Å²) >= 11 is 6.17. The molecule has 0 amide bonds. The van der Waals surface area contributed by atoms with Gasteiger partial charge in [0.15, 0.2) is 0 Å². The van der Waals surface area contributed by atoms with E-state index in [-0.39, 0.29) is 0 Å². The largest absolute Gasteiger partial charge is 0.382 e. The molecule has 0 saturated heterocycles. The van der Waals surface area contributed by atoms with Gasteiger partial charge in [-0.1, -0.05) is 37.9 Å². The molecule has 0 aromatic heterocycles. The number of anilines is 1. The van der Waals surface area contributed by atoms with E-state index in [1.165, 1.54) is 43.4 Å². The van der Waals surface area contributed by atoms with Crippen LogP contribution in [0, 0.1) is 12.3 Å². The highest BCUT2D eigenvalue weighted by Crippen LogP contribution is 2.35. The van der Waals surface area contributed by atoms with E-state index in [1.54, 1.807) is 0 Å². The summed E-state index contributed by atoms with van der Waals surface area (Å²) in [4.78, 5) is 0. The van der Waals surface area contributed by atoms with Crippen LogP contribution in [0.1, 0.15) is 51.5 Å². The molecular weight excluding hydrogens is 242 g/mol. The lowest BCUT2D eigenvalue weighted by Crippen LogP contribution is -2.19. The quantitative estimate of drug-likeness (QED) is 0.704. The zero-order valence-corrected chi connectivity index (χ0v) is 12.5. The molecule has 2 rings (SSSR count). The van der Waals surface area contributed by atoms with Crippen molar-refractivity contribution in [1.29, 1.82) is 0 Å². The van der Waals surface area contributed by atoms with Crippen LogP contribution in [0.4, 0.5) is 5.69 Å². The molecule has 18 heavy (non-hydrogen) atoms. The minimum atomic E-state index is 0.514. The van der Waals surface area contributed by atoms with E-state index in [0.717, 1.165) is 5.02 Å². The van der Waals surface area contributed by atoms with Gasteiger partial charge in [-0.05, 0) is 55.7 Å². The van der Waals surface area contributed by atoms with Crippen molar-refractivity contribution in [2.75, 3.05) is 5.32 Å². The van der Waals surface area contributed by atoms with Crippen molar-refractivity contribution in [3.63, 3.8) is 0 Å². The minimum Gasteiger partial charge on any atom is -0.382 e. The van der Waals surface area contributed by atoms with Gasteiger partial charge in [-0.3, -0.25) is 0 Å². The second-order valence-electron chi connectivity index (χ2n) is 6.35. The molecule has 100 valence electrons. The molecule has 1 aromatic carbocycles. The van der Waals surface area contributed by atoms with Crippen LogP contribution in [0.2, 0.25) is 5.02 Å². The molecule has 1 aliphatic carbocycles. The van der Waals surface area contributed by atoms with Crippen LogP contribution >= 0.6 is 11.6 Å². The first-order chi connectivity index (χ1) is 8.48. The Morgan fingerprint density at radius 1 is 1.22 bits per heavy atom. The molecular formula is C16H24ClN. The average Bonchev–Trinajstić information content (AvgIpc) is 2.47. The number of benzene rings is 1. The van der Waals surface area contributed by atoms with Crippen LogP contribution in [0.25, 0.3) is 0 Å². The first-order valence-electron chi connectivity index (χ1n) is 7.00. The lowest BCUT2D eigenvalue weighted by Gasteiger charge is -2.23. The monoisotopic (exact) mass is 265 g/mol. The molecule has 1 atom stereocenters.